The Balaban J connectivity index is 1.05. The van der Waals surface area contributed by atoms with Gasteiger partial charge in [-0.15, -0.1) is 0 Å². The first-order chi connectivity index (χ1) is 29.5. The molecule has 2 saturated carbocycles. The number of aromatic nitrogens is 8. The highest BCUT2D eigenvalue weighted by atomic mass is 16.5. The SMILES string of the molecule is Cc1cn2c3nc(ccc13)OCC(C1CCC3(C1)Cn1cc(O)c(=O)c(n1)C(=O)NCCCCc1cnc4c(ccn43)c1)CCC(=O)c1nn(cc(O)c1=O)CC21CCCC1. The van der Waals surface area contributed by atoms with Crippen molar-refractivity contribution in [2.24, 2.45) is 11.8 Å². The normalized spacial score (nSPS) is 23.2. The Labute approximate surface area is 350 Å². The van der Waals surface area contributed by atoms with Gasteiger partial charge in [-0.25, -0.2) is 4.98 Å². The minimum atomic E-state index is -0.828. The van der Waals surface area contributed by atoms with Crippen molar-refractivity contribution in [3.05, 3.63) is 98.2 Å². The summed E-state index contributed by atoms with van der Waals surface area (Å²) in [6.07, 6.45) is 16.9. The highest BCUT2D eigenvalue weighted by molar-refractivity contribution is 5.94. The van der Waals surface area contributed by atoms with E-state index in [0.717, 1.165) is 71.7 Å². The molecular formula is C45H49N9O7. The molecule has 3 unspecified atom stereocenters. The summed E-state index contributed by atoms with van der Waals surface area (Å²) in [5, 5.41) is 35.6. The molecule has 2 aliphatic carbocycles. The molecule has 6 aromatic heterocycles. The van der Waals surface area contributed by atoms with Gasteiger partial charge in [-0.05, 0) is 106 Å². The Hall–Kier alpha value is -6.32. The second-order valence-corrected chi connectivity index (χ2v) is 17.8. The van der Waals surface area contributed by atoms with Crippen LogP contribution in [0.3, 0.4) is 0 Å². The van der Waals surface area contributed by atoms with Crippen LogP contribution in [0, 0.1) is 18.8 Å². The third kappa shape index (κ3) is 6.85. The van der Waals surface area contributed by atoms with Crippen LogP contribution in [0.2, 0.25) is 0 Å². The van der Waals surface area contributed by atoms with Crippen molar-refractivity contribution in [1.29, 1.82) is 0 Å². The van der Waals surface area contributed by atoms with Crippen molar-refractivity contribution in [3.63, 3.8) is 0 Å². The average molecular weight is 828 g/mol. The molecule has 10 bridgehead atoms. The Bertz CT molecular complexity index is 2850. The fourth-order valence-corrected chi connectivity index (χ4v) is 10.7. The minimum Gasteiger partial charge on any atom is -0.503 e. The van der Waals surface area contributed by atoms with Crippen LogP contribution in [-0.4, -0.2) is 73.7 Å². The Kier molecular flexibility index (Phi) is 9.55. The van der Waals surface area contributed by atoms with Crippen LogP contribution in [0.4, 0.5) is 0 Å². The summed E-state index contributed by atoms with van der Waals surface area (Å²) in [6.45, 7) is 3.21. The molecule has 2 spiro atoms. The van der Waals surface area contributed by atoms with Crippen LogP contribution in [0.1, 0.15) is 103 Å². The number of nitrogens with zero attached hydrogens (tertiary/aromatic N) is 8. The molecule has 1 amide bonds. The van der Waals surface area contributed by atoms with Crippen LogP contribution < -0.4 is 20.9 Å². The van der Waals surface area contributed by atoms with E-state index in [1.165, 1.54) is 17.1 Å². The van der Waals surface area contributed by atoms with Crippen LogP contribution in [-0.2, 0) is 30.6 Å². The number of nitrogens with one attached hydrogen (secondary N) is 1. The number of fused-ring (bicyclic) bond motifs is 10. The zero-order valence-electron chi connectivity index (χ0n) is 34.2. The summed E-state index contributed by atoms with van der Waals surface area (Å²) < 4.78 is 14.0. The molecule has 5 aliphatic rings. The maximum absolute atomic E-state index is 14.1. The zero-order valence-corrected chi connectivity index (χ0v) is 34.2. The quantitative estimate of drug-likeness (QED) is 0.199. The molecule has 3 atom stereocenters. The molecule has 0 aromatic carbocycles. The third-order valence-corrected chi connectivity index (χ3v) is 13.9. The molecule has 0 radical (unpaired) electrons. The van der Waals surface area contributed by atoms with Gasteiger partial charge in [0.25, 0.3) is 16.8 Å². The molecule has 0 saturated heterocycles. The lowest BCUT2D eigenvalue weighted by Gasteiger charge is -2.34. The van der Waals surface area contributed by atoms with Gasteiger partial charge in [-0.1, -0.05) is 12.8 Å². The fourth-order valence-electron chi connectivity index (χ4n) is 10.7. The summed E-state index contributed by atoms with van der Waals surface area (Å²) in [5.41, 5.74) is 0.352. The molecule has 16 heteroatoms. The Morgan fingerprint density at radius 2 is 1.54 bits per heavy atom. The number of amides is 1. The Morgan fingerprint density at radius 3 is 2.34 bits per heavy atom. The molecule has 16 nitrogen and oxygen atoms in total. The summed E-state index contributed by atoms with van der Waals surface area (Å²) in [5.74, 6) is -1.89. The van der Waals surface area contributed by atoms with E-state index < -0.39 is 45.1 Å². The summed E-state index contributed by atoms with van der Waals surface area (Å²) in [6, 6.07) is 8.16. The molecule has 9 heterocycles. The molecular weight excluding hydrogens is 779 g/mol. The maximum Gasteiger partial charge on any atom is 0.275 e. The predicted molar refractivity (Wildman–Crippen MR) is 224 cm³/mol. The largest absolute Gasteiger partial charge is 0.503 e. The minimum absolute atomic E-state index is 0.00440. The number of ether oxygens (including phenoxy) is 1. The van der Waals surface area contributed by atoms with Crippen molar-refractivity contribution in [1.82, 2.24) is 44.0 Å². The first-order valence-electron chi connectivity index (χ1n) is 21.5. The Morgan fingerprint density at radius 1 is 0.787 bits per heavy atom. The van der Waals surface area contributed by atoms with Gasteiger partial charge < -0.3 is 29.4 Å². The van der Waals surface area contributed by atoms with Crippen LogP contribution in [0.5, 0.6) is 17.4 Å². The first kappa shape index (κ1) is 38.9. The van der Waals surface area contributed by atoms with Gasteiger partial charge in [-0.3, -0.25) is 28.5 Å². The van der Waals surface area contributed by atoms with E-state index in [4.69, 9.17) is 14.7 Å². The number of carbonyl (C=O) groups is 2. The van der Waals surface area contributed by atoms with Crippen molar-refractivity contribution < 1.29 is 24.5 Å². The van der Waals surface area contributed by atoms with Gasteiger partial charge in [0, 0.05) is 48.4 Å². The number of rotatable bonds is 1. The summed E-state index contributed by atoms with van der Waals surface area (Å²) >= 11 is 0. The van der Waals surface area contributed by atoms with Gasteiger partial charge in [0.1, 0.15) is 11.3 Å². The third-order valence-electron chi connectivity index (χ3n) is 13.9. The van der Waals surface area contributed by atoms with Gasteiger partial charge >= 0.3 is 0 Å². The number of hydrogen-bond acceptors (Lipinski definition) is 11. The highest BCUT2D eigenvalue weighted by Crippen LogP contribution is 2.48. The maximum atomic E-state index is 14.1. The van der Waals surface area contributed by atoms with Gasteiger partial charge in [0.2, 0.25) is 5.88 Å². The van der Waals surface area contributed by atoms with Gasteiger partial charge in [-0.2, -0.15) is 15.2 Å². The average Bonchev–Trinajstić information content (AvgIpc) is 4.06. The number of carbonyl (C=O) groups excluding carboxylic acids is 2. The number of ketones is 1. The molecule has 316 valence electrons. The standard InChI is InChI=1S/C45H49N9O7/c1-27-21-54-42-32(27)8-10-36(48-42)61-24-31(7-9-33(55)37-39(58)34(56)22-51(49-37)25-44(54)13-3-4-14-44)30-11-15-45(19-30)26-52-23-35(57)40(59)38(50-52)43(60)46-16-5-2-6-28-18-29-12-17-53(45)41(29)47-20-28/h8,10,12,17-18,20-23,30-31,56-57H,2-7,9,11,13-16,19,24-26H2,1H3,(H,46,60). The van der Waals surface area contributed by atoms with E-state index >= 15 is 0 Å². The lowest BCUT2D eigenvalue weighted by Crippen LogP contribution is -2.39. The first-order valence-corrected chi connectivity index (χ1v) is 21.5. The van der Waals surface area contributed by atoms with Crippen LogP contribution >= 0.6 is 0 Å². The smallest absolute Gasteiger partial charge is 0.275 e. The van der Waals surface area contributed by atoms with Crippen LogP contribution in [0.15, 0.2) is 64.8 Å². The number of aryl methyl sites for hydroxylation is 2. The van der Waals surface area contributed by atoms with E-state index in [2.05, 4.69) is 49.9 Å². The van der Waals surface area contributed by atoms with Crippen LogP contribution in [0.25, 0.3) is 22.1 Å². The molecule has 3 N–H and O–H groups in total. The van der Waals surface area contributed by atoms with Crippen molar-refractivity contribution in [3.8, 4) is 17.4 Å². The van der Waals surface area contributed by atoms with Crippen molar-refractivity contribution in [2.75, 3.05) is 13.2 Å². The van der Waals surface area contributed by atoms with E-state index in [-0.39, 0.29) is 42.8 Å². The van der Waals surface area contributed by atoms with Gasteiger partial charge in [0.15, 0.2) is 28.7 Å². The van der Waals surface area contributed by atoms with E-state index in [0.29, 0.717) is 51.1 Å². The molecule has 11 rings (SSSR count). The predicted octanol–water partition coefficient (Wildman–Crippen LogP) is 5.12. The number of hydrogen-bond donors (Lipinski definition) is 3. The molecule has 2 fully saturated rings. The van der Waals surface area contributed by atoms with E-state index in [1.54, 1.807) is 4.68 Å². The number of pyridine rings is 2. The van der Waals surface area contributed by atoms with Crippen molar-refractivity contribution in [2.45, 2.75) is 108 Å². The lowest BCUT2D eigenvalue weighted by molar-refractivity contribution is 0.0931. The second kappa shape index (κ2) is 15.0. The highest BCUT2D eigenvalue weighted by Gasteiger charge is 2.45. The van der Waals surface area contributed by atoms with Gasteiger partial charge in [0.05, 0.1) is 43.2 Å². The van der Waals surface area contributed by atoms with E-state index in [9.17, 15) is 29.4 Å². The molecule has 61 heavy (non-hydrogen) atoms. The monoisotopic (exact) mass is 827 g/mol. The summed E-state index contributed by atoms with van der Waals surface area (Å²) in [4.78, 5) is 63.8. The molecule has 3 aliphatic heterocycles. The lowest BCUT2D eigenvalue weighted by atomic mass is 9.84. The fraction of sp³-hybridized carbons (Fsp3) is 0.467. The number of Topliss-reactive ketones (excluding diaryl/α,β-unsaturated/α-hetero) is 1. The number of aromatic hydroxyl groups is 2. The topological polar surface area (TPSA) is 201 Å². The summed E-state index contributed by atoms with van der Waals surface area (Å²) in [7, 11) is 0. The van der Waals surface area contributed by atoms with E-state index in [1.807, 2.05) is 24.5 Å². The molecule has 6 aromatic rings. The second-order valence-electron chi connectivity index (χ2n) is 17.8. The zero-order chi connectivity index (χ0) is 42.0. The van der Waals surface area contributed by atoms with Crippen molar-refractivity contribution >= 4 is 33.8 Å².